The van der Waals surface area contributed by atoms with E-state index >= 15 is 0 Å². The number of aryl methyl sites for hydroxylation is 2. The number of carbonyl (C=O) groups excluding carboxylic acids is 1. The van der Waals surface area contributed by atoms with Gasteiger partial charge in [0.15, 0.2) is 0 Å². The first-order valence-electron chi connectivity index (χ1n) is 5.31. The van der Waals surface area contributed by atoms with Crippen LogP contribution in [0, 0.1) is 5.92 Å². The lowest BCUT2D eigenvalue weighted by Crippen LogP contribution is -2.15. The highest BCUT2D eigenvalue weighted by Gasteiger charge is 2.09. The van der Waals surface area contributed by atoms with Crippen molar-refractivity contribution in [2.24, 2.45) is 18.7 Å². The van der Waals surface area contributed by atoms with E-state index in [0.717, 1.165) is 12.2 Å². The van der Waals surface area contributed by atoms with E-state index in [1.165, 1.54) is 0 Å². The van der Waals surface area contributed by atoms with Crippen LogP contribution in [-0.2, 0) is 18.3 Å². The van der Waals surface area contributed by atoms with E-state index in [1.54, 1.807) is 6.20 Å². The third kappa shape index (κ3) is 3.83. The lowest BCUT2D eigenvalue weighted by atomic mass is 10.0. The molecule has 0 aliphatic rings. The molecule has 4 nitrogen and oxygen atoms in total. The fourth-order valence-electron chi connectivity index (χ4n) is 1.46. The molecule has 0 amide bonds. The minimum atomic E-state index is 0.274. The van der Waals surface area contributed by atoms with E-state index in [-0.39, 0.29) is 5.78 Å². The number of hydrogen-bond acceptors (Lipinski definition) is 3. The molecule has 2 N–H and O–H groups in total. The summed E-state index contributed by atoms with van der Waals surface area (Å²) in [7, 11) is 1.94. The zero-order chi connectivity index (χ0) is 11.3. The Kier molecular flexibility index (Phi) is 4.49. The molecule has 1 aromatic heterocycles. The summed E-state index contributed by atoms with van der Waals surface area (Å²) >= 11 is 0. The Morgan fingerprint density at radius 3 is 2.93 bits per heavy atom. The molecule has 0 radical (unpaired) electrons. The van der Waals surface area contributed by atoms with Crippen molar-refractivity contribution in [3.63, 3.8) is 0 Å². The molecule has 1 heterocycles. The van der Waals surface area contributed by atoms with Gasteiger partial charge in [-0.2, -0.15) is 0 Å². The molecule has 84 valence electrons. The Hall–Kier alpha value is -1.16. The molecular weight excluding hydrogens is 190 g/mol. The first kappa shape index (κ1) is 11.9. The van der Waals surface area contributed by atoms with Crippen LogP contribution in [0.2, 0.25) is 0 Å². The Bertz CT molecular complexity index is 319. The van der Waals surface area contributed by atoms with Gasteiger partial charge >= 0.3 is 0 Å². The van der Waals surface area contributed by atoms with Gasteiger partial charge in [-0.15, -0.1) is 0 Å². The predicted octanol–water partition coefficient (Wildman–Crippen LogP) is 0.907. The zero-order valence-electron chi connectivity index (χ0n) is 9.44. The molecule has 0 bridgehead atoms. The number of carbonyl (C=O) groups is 1. The van der Waals surface area contributed by atoms with Crippen LogP contribution >= 0.6 is 0 Å². The second-order valence-corrected chi connectivity index (χ2v) is 4.04. The van der Waals surface area contributed by atoms with Crippen molar-refractivity contribution >= 4 is 5.78 Å². The summed E-state index contributed by atoms with van der Waals surface area (Å²) < 4.78 is 1.94. The maximum absolute atomic E-state index is 11.5. The molecule has 0 aliphatic carbocycles. The highest BCUT2D eigenvalue weighted by molar-refractivity contribution is 5.78. The second-order valence-electron chi connectivity index (χ2n) is 4.04. The summed E-state index contributed by atoms with van der Waals surface area (Å²) in [6.07, 6.45) is 5.51. The number of imidazole rings is 1. The Labute approximate surface area is 90.5 Å². The summed E-state index contributed by atoms with van der Waals surface area (Å²) in [5.74, 6) is 1.53. The van der Waals surface area contributed by atoms with E-state index in [2.05, 4.69) is 4.98 Å². The fraction of sp³-hybridized carbons (Fsp3) is 0.636. The van der Waals surface area contributed by atoms with Gasteiger partial charge in [0, 0.05) is 38.7 Å². The summed E-state index contributed by atoms with van der Waals surface area (Å²) in [5, 5.41) is 0. The average Bonchev–Trinajstić information content (AvgIpc) is 2.61. The van der Waals surface area contributed by atoms with E-state index in [9.17, 15) is 4.79 Å². The van der Waals surface area contributed by atoms with Gasteiger partial charge in [0.25, 0.3) is 0 Å². The van der Waals surface area contributed by atoms with Crippen molar-refractivity contribution in [2.45, 2.75) is 26.2 Å². The molecular formula is C11H19N3O. The second kappa shape index (κ2) is 5.66. The maximum atomic E-state index is 11.5. The van der Waals surface area contributed by atoms with Crippen molar-refractivity contribution in [1.82, 2.24) is 9.55 Å². The van der Waals surface area contributed by atoms with Crippen LogP contribution in [0.5, 0.6) is 0 Å². The number of hydrogen-bond donors (Lipinski definition) is 1. The molecule has 0 saturated heterocycles. The summed E-state index contributed by atoms with van der Waals surface area (Å²) in [5.41, 5.74) is 5.47. The molecule has 0 fully saturated rings. The van der Waals surface area contributed by atoms with Crippen LogP contribution in [-0.4, -0.2) is 21.9 Å². The average molecular weight is 209 g/mol. The number of nitrogens with zero attached hydrogens (tertiary/aromatic N) is 2. The Balaban J connectivity index is 2.31. The minimum Gasteiger partial charge on any atom is -0.338 e. The number of ketones is 1. The predicted molar refractivity (Wildman–Crippen MR) is 59.4 cm³/mol. The molecule has 1 atom stereocenters. The monoisotopic (exact) mass is 209 g/mol. The standard InChI is InChI=1S/C11H19N3O/c1-9(8-12)7-10(15)3-4-11-13-5-6-14(11)2/h5-6,9H,3-4,7-8,12H2,1-2H3. The van der Waals surface area contributed by atoms with Crippen LogP contribution in [0.15, 0.2) is 12.4 Å². The summed E-state index contributed by atoms with van der Waals surface area (Å²) in [6, 6.07) is 0. The van der Waals surface area contributed by atoms with Gasteiger partial charge < -0.3 is 10.3 Å². The largest absolute Gasteiger partial charge is 0.338 e. The Morgan fingerprint density at radius 1 is 1.67 bits per heavy atom. The van der Waals surface area contributed by atoms with Crippen molar-refractivity contribution in [3.05, 3.63) is 18.2 Å². The van der Waals surface area contributed by atoms with Crippen LogP contribution < -0.4 is 5.73 Å². The van der Waals surface area contributed by atoms with Crippen molar-refractivity contribution < 1.29 is 4.79 Å². The number of nitrogens with two attached hydrogens (primary N) is 1. The lowest BCUT2D eigenvalue weighted by Gasteiger charge is -2.06. The highest BCUT2D eigenvalue weighted by atomic mass is 16.1. The topological polar surface area (TPSA) is 60.9 Å². The van der Waals surface area contributed by atoms with Gasteiger partial charge in [-0.05, 0) is 12.5 Å². The first-order valence-corrected chi connectivity index (χ1v) is 5.31. The SMILES string of the molecule is CC(CN)CC(=O)CCc1nccn1C. The van der Waals surface area contributed by atoms with Gasteiger partial charge in [-0.25, -0.2) is 4.98 Å². The Morgan fingerprint density at radius 2 is 2.40 bits per heavy atom. The fourth-order valence-corrected chi connectivity index (χ4v) is 1.46. The molecule has 15 heavy (non-hydrogen) atoms. The third-order valence-electron chi connectivity index (χ3n) is 2.53. The molecule has 0 saturated carbocycles. The van der Waals surface area contributed by atoms with Gasteiger partial charge in [0.2, 0.25) is 0 Å². The molecule has 1 rings (SSSR count). The quantitative estimate of drug-likeness (QED) is 0.757. The van der Waals surface area contributed by atoms with E-state index in [4.69, 9.17) is 5.73 Å². The van der Waals surface area contributed by atoms with Crippen LogP contribution in [0.4, 0.5) is 0 Å². The normalized spacial score (nSPS) is 12.7. The molecule has 0 spiro atoms. The van der Waals surface area contributed by atoms with E-state index < -0.39 is 0 Å². The zero-order valence-corrected chi connectivity index (χ0v) is 9.44. The van der Waals surface area contributed by atoms with Gasteiger partial charge in [-0.1, -0.05) is 6.92 Å². The van der Waals surface area contributed by atoms with E-state index in [1.807, 2.05) is 24.7 Å². The summed E-state index contributed by atoms with van der Waals surface area (Å²) in [6.45, 7) is 2.58. The van der Waals surface area contributed by atoms with Crippen molar-refractivity contribution in [1.29, 1.82) is 0 Å². The summed E-state index contributed by atoms with van der Waals surface area (Å²) in [4.78, 5) is 15.7. The number of Topliss-reactive ketones (excluding diaryl/α,β-unsaturated/α-hetero) is 1. The van der Waals surface area contributed by atoms with Crippen LogP contribution in [0.1, 0.15) is 25.6 Å². The highest BCUT2D eigenvalue weighted by Crippen LogP contribution is 2.06. The van der Waals surface area contributed by atoms with Gasteiger partial charge in [0.1, 0.15) is 11.6 Å². The minimum absolute atomic E-state index is 0.274. The van der Waals surface area contributed by atoms with Crippen LogP contribution in [0.3, 0.4) is 0 Å². The van der Waals surface area contributed by atoms with Crippen molar-refractivity contribution in [2.75, 3.05) is 6.54 Å². The molecule has 0 aromatic carbocycles. The third-order valence-corrected chi connectivity index (χ3v) is 2.53. The lowest BCUT2D eigenvalue weighted by molar-refractivity contribution is -0.119. The molecule has 1 aromatic rings. The van der Waals surface area contributed by atoms with Crippen LogP contribution in [0.25, 0.3) is 0 Å². The first-order chi connectivity index (χ1) is 7.13. The molecule has 0 aliphatic heterocycles. The van der Waals surface area contributed by atoms with Gasteiger partial charge in [0.05, 0.1) is 0 Å². The number of aromatic nitrogens is 2. The molecule has 1 unspecified atom stereocenters. The molecule has 4 heteroatoms. The van der Waals surface area contributed by atoms with Crippen molar-refractivity contribution in [3.8, 4) is 0 Å². The van der Waals surface area contributed by atoms with E-state index in [0.29, 0.717) is 25.3 Å². The van der Waals surface area contributed by atoms with Gasteiger partial charge in [-0.3, -0.25) is 4.79 Å². The number of rotatable bonds is 6. The maximum Gasteiger partial charge on any atom is 0.133 e. The smallest absolute Gasteiger partial charge is 0.133 e.